The second kappa shape index (κ2) is 7.34. The normalized spacial score (nSPS) is 25.8. The van der Waals surface area contributed by atoms with Gasteiger partial charge >= 0.3 is 0 Å². The second-order valence-electron chi connectivity index (χ2n) is 7.52. The number of carbonyl (C=O) groups excluding carboxylic acids is 1. The fourth-order valence-electron chi connectivity index (χ4n) is 4.45. The van der Waals surface area contributed by atoms with E-state index in [1.165, 1.54) is 5.56 Å². The number of benzene rings is 1. The molecular formula is C20H28N2O3. The van der Waals surface area contributed by atoms with Gasteiger partial charge in [-0.05, 0) is 50.4 Å². The number of nitrogens with zero attached hydrogens (tertiary/aromatic N) is 1. The standard InChI is InChI=1S/C20H28N2O3/c23-19(22-10-3-12-24-13-11-22)14-16-15-20(6-8-21-9-7-20)25-18-5-2-1-4-17(16)18/h1-2,4-5,16,21H,3,6-15H2/t16-/m1/s1. The molecule has 1 amide bonds. The van der Waals surface area contributed by atoms with Crippen LogP contribution < -0.4 is 10.1 Å². The van der Waals surface area contributed by atoms with Crippen molar-refractivity contribution in [2.24, 2.45) is 0 Å². The predicted octanol–water partition coefficient (Wildman–Crippen LogP) is 2.31. The molecule has 5 nitrogen and oxygen atoms in total. The Morgan fingerprint density at radius 3 is 2.92 bits per heavy atom. The molecule has 0 aromatic heterocycles. The number of piperidine rings is 1. The van der Waals surface area contributed by atoms with Crippen LogP contribution in [0.25, 0.3) is 0 Å². The molecule has 2 fully saturated rings. The monoisotopic (exact) mass is 344 g/mol. The third-order valence-corrected chi connectivity index (χ3v) is 5.81. The van der Waals surface area contributed by atoms with Gasteiger partial charge in [0.15, 0.2) is 0 Å². The minimum absolute atomic E-state index is 0.105. The second-order valence-corrected chi connectivity index (χ2v) is 7.52. The van der Waals surface area contributed by atoms with Crippen LogP contribution in [0.3, 0.4) is 0 Å². The lowest BCUT2D eigenvalue weighted by Crippen LogP contribution is -2.49. The van der Waals surface area contributed by atoms with Crippen LogP contribution in [0, 0.1) is 0 Å². The van der Waals surface area contributed by atoms with Gasteiger partial charge in [0.05, 0.1) is 6.61 Å². The smallest absolute Gasteiger partial charge is 0.223 e. The summed E-state index contributed by atoms with van der Waals surface area (Å²) >= 11 is 0. The van der Waals surface area contributed by atoms with E-state index < -0.39 is 0 Å². The molecule has 2 saturated heterocycles. The zero-order valence-corrected chi connectivity index (χ0v) is 14.8. The minimum atomic E-state index is -0.105. The van der Waals surface area contributed by atoms with Crippen molar-refractivity contribution < 1.29 is 14.3 Å². The van der Waals surface area contributed by atoms with E-state index in [2.05, 4.69) is 23.5 Å². The molecule has 0 aliphatic carbocycles. The quantitative estimate of drug-likeness (QED) is 0.894. The summed E-state index contributed by atoms with van der Waals surface area (Å²) in [5.41, 5.74) is 1.10. The molecule has 3 heterocycles. The van der Waals surface area contributed by atoms with Crippen LogP contribution in [-0.2, 0) is 9.53 Å². The van der Waals surface area contributed by atoms with Gasteiger partial charge in [0.25, 0.3) is 0 Å². The Morgan fingerprint density at radius 1 is 1.20 bits per heavy atom. The summed E-state index contributed by atoms with van der Waals surface area (Å²) < 4.78 is 11.9. The molecule has 5 heteroatoms. The molecule has 1 aromatic carbocycles. The SMILES string of the molecule is O=C(C[C@@H]1CC2(CCNCC2)Oc2ccccc21)N1CCCOCC1. The molecule has 0 radical (unpaired) electrons. The first-order chi connectivity index (χ1) is 12.3. The first kappa shape index (κ1) is 16.9. The number of rotatable bonds is 2. The summed E-state index contributed by atoms with van der Waals surface area (Å²) in [6.45, 7) is 4.95. The highest BCUT2D eigenvalue weighted by Gasteiger charge is 2.42. The highest BCUT2D eigenvalue weighted by molar-refractivity contribution is 5.77. The highest BCUT2D eigenvalue weighted by atomic mass is 16.5. The Labute approximate surface area is 149 Å². The van der Waals surface area contributed by atoms with E-state index >= 15 is 0 Å². The topological polar surface area (TPSA) is 50.8 Å². The number of ether oxygens (including phenoxy) is 2. The number of para-hydroxylation sites is 1. The molecule has 0 bridgehead atoms. The summed E-state index contributed by atoms with van der Waals surface area (Å²) in [4.78, 5) is 14.9. The number of carbonyl (C=O) groups is 1. The molecule has 25 heavy (non-hydrogen) atoms. The zero-order valence-electron chi connectivity index (χ0n) is 14.8. The van der Waals surface area contributed by atoms with Gasteiger partial charge in [-0.25, -0.2) is 0 Å². The summed E-state index contributed by atoms with van der Waals surface area (Å²) in [6, 6.07) is 8.28. The van der Waals surface area contributed by atoms with E-state index in [1.54, 1.807) is 0 Å². The zero-order chi connectivity index (χ0) is 17.1. The lowest BCUT2D eigenvalue weighted by Gasteiger charge is -2.45. The van der Waals surface area contributed by atoms with Gasteiger partial charge in [-0.3, -0.25) is 4.79 Å². The van der Waals surface area contributed by atoms with E-state index in [4.69, 9.17) is 9.47 Å². The van der Waals surface area contributed by atoms with Crippen molar-refractivity contribution >= 4 is 5.91 Å². The van der Waals surface area contributed by atoms with Crippen molar-refractivity contribution in [3.8, 4) is 5.75 Å². The molecule has 4 rings (SSSR count). The largest absolute Gasteiger partial charge is 0.487 e. The van der Waals surface area contributed by atoms with Crippen LogP contribution >= 0.6 is 0 Å². The molecule has 1 N–H and O–H groups in total. The maximum Gasteiger partial charge on any atom is 0.223 e. The number of amides is 1. The molecular weight excluding hydrogens is 316 g/mol. The van der Waals surface area contributed by atoms with E-state index in [0.29, 0.717) is 13.0 Å². The number of hydrogen-bond donors (Lipinski definition) is 1. The third kappa shape index (κ3) is 3.67. The summed E-state index contributed by atoms with van der Waals surface area (Å²) in [6.07, 6.45) is 4.50. The average Bonchev–Trinajstić information content (AvgIpc) is 2.92. The Balaban J connectivity index is 1.53. The summed E-state index contributed by atoms with van der Waals surface area (Å²) in [7, 11) is 0. The maximum absolute atomic E-state index is 12.9. The fourth-order valence-corrected chi connectivity index (χ4v) is 4.45. The van der Waals surface area contributed by atoms with E-state index in [1.807, 2.05) is 11.0 Å². The molecule has 1 atom stereocenters. The molecule has 1 spiro atoms. The van der Waals surface area contributed by atoms with Gasteiger partial charge in [0.1, 0.15) is 11.4 Å². The fraction of sp³-hybridized carbons (Fsp3) is 0.650. The van der Waals surface area contributed by atoms with Gasteiger partial charge in [-0.2, -0.15) is 0 Å². The van der Waals surface area contributed by atoms with E-state index in [9.17, 15) is 4.79 Å². The van der Waals surface area contributed by atoms with Crippen molar-refractivity contribution in [1.82, 2.24) is 10.2 Å². The summed E-state index contributed by atoms with van der Waals surface area (Å²) in [5.74, 6) is 1.49. The summed E-state index contributed by atoms with van der Waals surface area (Å²) in [5, 5.41) is 3.43. The van der Waals surface area contributed by atoms with Gasteiger partial charge in [-0.15, -0.1) is 0 Å². The van der Waals surface area contributed by atoms with Crippen molar-refractivity contribution in [1.29, 1.82) is 0 Å². The Morgan fingerprint density at radius 2 is 2.04 bits per heavy atom. The molecule has 0 saturated carbocycles. The highest BCUT2D eigenvalue weighted by Crippen LogP contribution is 2.45. The van der Waals surface area contributed by atoms with Gasteiger partial charge in [-0.1, -0.05) is 18.2 Å². The first-order valence-corrected chi connectivity index (χ1v) is 9.60. The van der Waals surface area contributed by atoms with Crippen molar-refractivity contribution in [3.63, 3.8) is 0 Å². The van der Waals surface area contributed by atoms with E-state index in [-0.39, 0.29) is 17.4 Å². The number of nitrogens with one attached hydrogen (secondary N) is 1. The molecule has 1 aromatic rings. The van der Waals surface area contributed by atoms with Crippen LogP contribution in [0.4, 0.5) is 0 Å². The third-order valence-electron chi connectivity index (χ3n) is 5.81. The van der Waals surface area contributed by atoms with Crippen LogP contribution in [-0.4, -0.2) is 55.8 Å². The lowest BCUT2D eigenvalue weighted by atomic mass is 9.76. The molecule has 136 valence electrons. The molecule has 3 aliphatic heterocycles. The number of hydrogen-bond acceptors (Lipinski definition) is 4. The van der Waals surface area contributed by atoms with Crippen molar-refractivity contribution in [2.75, 3.05) is 39.4 Å². The van der Waals surface area contributed by atoms with Crippen LogP contribution in [0.1, 0.15) is 43.6 Å². The first-order valence-electron chi connectivity index (χ1n) is 9.60. The molecule has 0 unspecified atom stereocenters. The van der Waals surface area contributed by atoms with E-state index in [0.717, 1.165) is 64.2 Å². The molecule has 3 aliphatic rings. The number of fused-ring (bicyclic) bond motifs is 1. The lowest BCUT2D eigenvalue weighted by molar-refractivity contribution is -0.132. The predicted molar refractivity (Wildman–Crippen MR) is 95.9 cm³/mol. The van der Waals surface area contributed by atoms with Crippen LogP contribution in [0.5, 0.6) is 5.75 Å². The Hall–Kier alpha value is -1.59. The van der Waals surface area contributed by atoms with Crippen molar-refractivity contribution in [3.05, 3.63) is 29.8 Å². The average molecular weight is 344 g/mol. The van der Waals surface area contributed by atoms with Gasteiger partial charge in [0.2, 0.25) is 5.91 Å². The van der Waals surface area contributed by atoms with Gasteiger partial charge in [0, 0.05) is 32.0 Å². The maximum atomic E-state index is 12.9. The van der Waals surface area contributed by atoms with Crippen LogP contribution in [0.2, 0.25) is 0 Å². The van der Waals surface area contributed by atoms with Crippen LogP contribution in [0.15, 0.2) is 24.3 Å². The Kier molecular flexibility index (Phi) is 4.95. The minimum Gasteiger partial charge on any atom is -0.487 e. The Bertz CT molecular complexity index is 605. The van der Waals surface area contributed by atoms with Gasteiger partial charge < -0.3 is 19.7 Å². The van der Waals surface area contributed by atoms with Crippen molar-refractivity contribution in [2.45, 2.75) is 43.6 Å².